The van der Waals surface area contributed by atoms with E-state index in [1.54, 1.807) is 42.5 Å². The fraction of sp³-hybridized carbons (Fsp3) is 0.480. The summed E-state index contributed by atoms with van der Waals surface area (Å²) in [6.07, 6.45) is 5.61. The van der Waals surface area contributed by atoms with Crippen molar-refractivity contribution in [3.05, 3.63) is 53.6 Å². The summed E-state index contributed by atoms with van der Waals surface area (Å²) in [5.74, 6) is 1.31. The van der Waals surface area contributed by atoms with E-state index < -0.39 is 10.0 Å². The molecule has 0 spiro atoms. The lowest BCUT2D eigenvalue weighted by atomic mass is 9.99. The third-order valence-corrected chi connectivity index (χ3v) is 6.82. The first-order valence-electron chi connectivity index (χ1n) is 11.3. The van der Waals surface area contributed by atoms with Crippen molar-refractivity contribution in [3.8, 4) is 11.5 Å². The van der Waals surface area contributed by atoms with Gasteiger partial charge in [-0.05, 0) is 42.2 Å². The first kappa shape index (κ1) is 26.5. The van der Waals surface area contributed by atoms with Crippen LogP contribution in [0.1, 0.15) is 55.5 Å². The SMILES string of the molecule is CCCC[C@H](CC)CNC(=O)c1ccc(CN(c2cc(OC)ccc2OC)S(C)(=O)=O)cc1. The van der Waals surface area contributed by atoms with Crippen LogP contribution in [0.3, 0.4) is 0 Å². The van der Waals surface area contributed by atoms with E-state index in [1.165, 1.54) is 18.5 Å². The van der Waals surface area contributed by atoms with Crippen LogP contribution in [0.15, 0.2) is 42.5 Å². The predicted octanol–water partition coefficient (Wildman–Crippen LogP) is 4.62. The van der Waals surface area contributed by atoms with Gasteiger partial charge in [0.2, 0.25) is 10.0 Å². The number of anilines is 1. The van der Waals surface area contributed by atoms with E-state index in [2.05, 4.69) is 19.2 Å². The van der Waals surface area contributed by atoms with Gasteiger partial charge in [-0.25, -0.2) is 8.42 Å². The second-order valence-corrected chi connectivity index (χ2v) is 10.0. The van der Waals surface area contributed by atoms with Crippen molar-refractivity contribution in [2.45, 2.75) is 46.1 Å². The van der Waals surface area contributed by atoms with Crippen LogP contribution in [-0.4, -0.2) is 41.3 Å². The zero-order chi connectivity index (χ0) is 24.4. The van der Waals surface area contributed by atoms with Crippen molar-refractivity contribution in [2.24, 2.45) is 5.92 Å². The molecule has 7 nitrogen and oxygen atoms in total. The summed E-state index contributed by atoms with van der Waals surface area (Å²) >= 11 is 0. The average Bonchev–Trinajstić information content (AvgIpc) is 2.81. The quantitative estimate of drug-likeness (QED) is 0.456. The number of ether oxygens (including phenoxy) is 2. The molecule has 0 heterocycles. The summed E-state index contributed by atoms with van der Waals surface area (Å²) < 4.78 is 37.1. The molecular formula is C25H36N2O5S. The number of sulfonamides is 1. The summed E-state index contributed by atoms with van der Waals surface area (Å²) in [5.41, 5.74) is 1.68. The Morgan fingerprint density at radius 3 is 2.30 bits per heavy atom. The Morgan fingerprint density at radius 2 is 1.76 bits per heavy atom. The summed E-state index contributed by atoms with van der Waals surface area (Å²) in [4.78, 5) is 12.6. The van der Waals surface area contributed by atoms with Crippen molar-refractivity contribution in [2.75, 3.05) is 31.3 Å². The Bertz CT molecular complexity index is 1010. The van der Waals surface area contributed by atoms with Gasteiger partial charge in [-0.3, -0.25) is 9.10 Å². The maximum atomic E-state index is 12.6. The van der Waals surface area contributed by atoms with Crippen molar-refractivity contribution in [1.82, 2.24) is 5.32 Å². The minimum atomic E-state index is -3.61. The molecule has 1 atom stereocenters. The molecule has 33 heavy (non-hydrogen) atoms. The average molecular weight is 477 g/mol. The van der Waals surface area contributed by atoms with Crippen molar-refractivity contribution < 1.29 is 22.7 Å². The zero-order valence-electron chi connectivity index (χ0n) is 20.3. The second-order valence-electron chi connectivity index (χ2n) is 8.13. The summed E-state index contributed by atoms with van der Waals surface area (Å²) in [7, 11) is -0.599. The molecule has 0 aromatic heterocycles. The first-order chi connectivity index (χ1) is 15.7. The Balaban J connectivity index is 2.16. The predicted molar refractivity (Wildman–Crippen MR) is 133 cm³/mol. The van der Waals surface area contributed by atoms with Crippen LogP contribution in [-0.2, 0) is 16.6 Å². The molecule has 2 aromatic rings. The van der Waals surface area contributed by atoms with E-state index in [4.69, 9.17) is 9.47 Å². The van der Waals surface area contributed by atoms with Crippen LogP contribution in [0.25, 0.3) is 0 Å². The van der Waals surface area contributed by atoms with Gasteiger partial charge in [0.15, 0.2) is 0 Å². The van der Waals surface area contributed by atoms with Crippen LogP contribution < -0.4 is 19.1 Å². The number of benzene rings is 2. The maximum absolute atomic E-state index is 12.6. The molecule has 0 unspecified atom stereocenters. The standard InChI is InChI=1S/C25H36N2O5S/c1-6-8-9-19(7-2)17-26-25(28)21-12-10-20(11-13-21)18-27(33(5,29)30)23-16-22(31-3)14-15-24(23)32-4/h10-16,19H,6-9,17-18H2,1-5H3,(H,26,28)/t19-/m0/s1. The lowest BCUT2D eigenvalue weighted by molar-refractivity contribution is 0.0946. The number of nitrogens with one attached hydrogen (secondary N) is 1. The molecule has 2 rings (SSSR count). The Labute approximate surface area is 198 Å². The number of carbonyl (C=O) groups is 1. The lowest BCUT2D eigenvalue weighted by Gasteiger charge is -2.25. The van der Waals surface area contributed by atoms with Crippen LogP contribution in [0.5, 0.6) is 11.5 Å². The monoisotopic (exact) mass is 476 g/mol. The Kier molecular flexibility index (Phi) is 10.0. The van der Waals surface area contributed by atoms with Crippen LogP contribution in [0, 0.1) is 5.92 Å². The molecule has 0 bridgehead atoms. The van der Waals surface area contributed by atoms with Crippen LogP contribution in [0.2, 0.25) is 0 Å². The third kappa shape index (κ3) is 7.67. The van der Waals surface area contributed by atoms with Gasteiger partial charge < -0.3 is 14.8 Å². The van der Waals surface area contributed by atoms with Gasteiger partial charge in [0, 0.05) is 18.2 Å². The van der Waals surface area contributed by atoms with E-state index in [9.17, 15) is 13.2 Å². The molecule has 182 valence electrons. The molecule has 1 N–H and O–H groups in total. The van der Waals surface area contributed by atoms with Crippen LogP contribution >= 0.6 is 0 Å². The molecule has 1 amide bonds. The number of amides is 1. The maximum Gasteiger partial charge on any atom is 0.251 e. The van der Waals surface area contributed by atoms with E-state index in [-0.39, 0.29) is 12.5 Å². The van der Waals surface area contributed by atoms with Gasteiger partial charge >= 0.3 is 0 Å². The molecule has 0 aliphatic heterocycles. The topological polar surface area (TPSA) is 84.9 Å². The highest BCUT2D eigenvalue weighted by molar-refractivity contribution is 7.92. The highest BCUT2D eigenvalue weighted by atomic mass is 32.2. The molecule has 0 saturated carbocycles. The largest absolute Gasteiger partial charge is 0.497 e. The number of carbonyl (C=O) groups excluding carboxylic acids is 1. The van der Waals surface area contributed by atoms with Gasteiger partial charge in [0.1, 0.15) is 11.5 Å². The molecule has 0 radical (unpaired) electrons. The molecule has 0 fully saturated rings. The van der Waals surface area contributed by atoms with Crippen molar-refractivity contribution in [1.29, 1.82) is 0 Å². The Morgan fingerprint density at radius 1 is 1.06 bits per heavy atom. The normalized spacial score (nSPS) is 12.2. The van der Waals surface area contributed by atoms with Gasteiger partial charge in [0.05, 0.1) is 32.7 Å². The first-order valence-corrected chi connectivity index (χ1v) is 13.1. The number of methoxy groups -OCH3 is 2. The third-order valence-electron chi connectivity index (χ3n) is 5.69. The van der Waals surface area contributed by atoms with Crippen molar-refractivity contribution in [3.63, 3.8) is 0 Å². The highest BCUT2D eigenvalue weighted by Gasteiger charge is 2.22. The van der Waals surface area contributed by atoms with Gasteiger partial charge in [-0.15, -0.1) is 0 Å². The number of unbranched alkanes of at least 4 members (excludes halogenated alkanes) is 1. The van der Waals surface area contributed by atoms with E-state index in [0.29, 0.717) is 35.2 Å². The minimum absolute atomic E-state index is 0.0964. The van der Waals surface area contributed by atoms with Crippen molar-refractivity contribution >= 4 is 21.6 Å². The van der Waals surface area contributed by atoms with Gasteiger partial charge in [-0.2, -0.15) is 0 Å². The highest BCUT2D eigenvalue weighted by Crippen LogP contribution is 2.34. The fourth-order valence-electron chi connectivity index (χ4n) is 3.58. The van der Waals surface area contributed by atoms with Gasteiger partial charge in [-0.1, -0.05) is 45.2 Å². The zero-order valence-corrected chi connectivity index (χ0v) is 21.1. The Hall–Kier alpha value is -2.74. The molecule has 2 aromatic carbocycles. The summed E-state index contributed by atoms with van der Waals surface area (Å²) in [6, 6.07) is 12.0. The lowest BCUT2D eigenvalue weighted by Crippen LogP contribution is -2.30. The molecule has 0 aliphatic rings. The number of nitrogens with zero attached hydrogens (tertiary/aromatic N) is 1. The number of hydrogen-bond acceptors (Lipinski definition) is 5. The molecule has 0 aliphatic carbocycles. The summed E-state index contributed by atoms with van der Waals surface area (Å²) in [5, 5.41) is 3.02. The number of rotatable bonds is 13. The minimum Gasteiger partial charge on any atom is -0.497 e. The second kappa shape index (κ2) is 12.5. The van der Waals surface area contributed by atoms with Gasteiger partial charge in [0.25, 0.3) is 5.91 Å². The summed E-state index contributed by atoms with van der Waals surface area (Å²) in [6.45, 7) is 5.07. The molecule has 0 saturated heterocycles. The van der Waals surface area contributed by atoms with E-state index >= 15 is 0 Å². The van der Waals surface area contributed by atoms with Crippen LogP contribution in [0.4, 0.5) is 5.69 Å². The fourth-order valence-corrected chi connectivity index (χ4v) is 4.47. The number of hydrogen-bond donors (Lipinski definition) is 1. The van der Waals surface area contributed by atoms with E-state index in [1.807, 2.05) is 0 Å². The van der Waals surface area contributed by atoms with E-state index in [0.717, 1.165) is 37.5 Å². The molecular weight excluding hydrogens is 440 g/mol. The smallest absolute Gasteiger partial charge is 0.251 e. The molecule has 8 heteroatoms.